The molecule has 0 unspecified atom stereocenters. The number of anilines is 1. The summed E-state index contributed by atoms with van der Waals surface area (Å²) in [5.41, 5.74) is 1.67. The predicted octanol–water partition coefficient (Wildman–Crippen LogP) is 2.76. The van der Waals surface area contributed by atoms with Gasteiger partial charge in [0.05, 0.1) is 18.1 Å². The van der Waals surface area contributed by atoms with Crippen molar-refractivity contribution in [2.45, 2.75) is 13.3 Å². The highest BCUT2D eigenvalue weighted by Crippen LogP contribution is 2.35. The summed E-state index contributed by atoms with van der Waals surface area (Å²) < 4.78 is 6.17. The molecule has 1 saturated heterocycles. The second-order valence-electron chi connectivity index (χ2n) is 4.14. The fourth-order valence-corrected chi connectivity index (χ4v) is 2.66. The first kappa shape index (κ1) is 13.3. The zero-order valence-electron chi connectivity index (χ0n) is 10.2. The Bertz CT molecular complexity index is 459. The first-order valence-corrected chi connectivity index (χ1v) is 6.72. The van der Waals surface area contributed by atoms with Crippen molar-refractivity contribution in [2.24, 2.45) is 0 Å². The smallest absolute Gasteiger partial charge is 0.295 e. The molecule has 98 valence electrons. The van der Waals surface area contributed by atoms with E-state index in [1.54, 1.807) is 0 Å². The summed E-state index contributed by atoms with van der Waals surface area (Å²) in [6, 6.07) is 3.64. The van der Waals surface area contributed by atoms with Crippen molar-refractivity contribution in [3.63, 3.8) is 0 Å². The number of halogens is 1. The van der Waals surface area contributed by atoms with Crippen LogP contribution in [0.5, 0.6) is 0 Å². The maximum atomic E-state index is 11.3. The van der Waals surface area contributed by atoms with Crippen LogP contribution in [0, 0.1) is 10.1 Å². The lowest BCUT2D eigenvalue weighted by atomic mass is 10.1. The molecule has 5 nitrogen and oxygen atoms in total. The minimum Gasteiger partial charge on any atom is -0.378 e. The summed E-state index contributed by atoms with van der Waals surface area (Å²) in [4.78, 5) is 13.0. The number of aryl methyl sites for hydroxylation is 1. The molecule has 0 spiro atoms. The van der Waals surface area contributed by atoms with E-state index in [1.807, 2.05) is 24.0 Å². The molecular formula is C12H15BrN2O3. The van der Waals surface area contributed by atoms with Crippen LogP contribution in [0.15, 0.2) is 16.6 Å². The fourth-order valence-electron chi connectivity index (χ4n) is 2.17. The van der Waals surface area contributed by atoms with Gasteiger partial charge in [-0.05, 0) is 18.6 Å². The maximum absolute atomic E-state index is 11.3. The van der Waals surface area contributed by atoms with Gasteiger partial charge >= 0.3 is 0 Å². The molecule has 0 saturated carbocycles. The minimum atomic E-state index is -0.282. The molecule has 1 aliphatic heterocycles. The maximum Gasteiger partial charge on any atom is 0.295 e. The van der Waals surface area contributed by atoms with Crippen molar-refractivity contribution in [3.05, 3.63) is 32.3 Å². The third-order valence-electron chi connectivity index (χ3n) is 3.05. The van der Waals surface area contributed by atoms with Crippen molar-refractivity contribution < 1.29 is 9.66 Å². The highest BCUT2D eigenvalue weighted by Gasteiger charge is 2.25. The molecule has 18 heavy (non-hydrogen) atoms. The van der Waals surface area contributed by atoms with Crippen LogP contribution in [0.4, 0.5) is 11.4 Å². The molecule has 0 aliphatic carbocycles. The molecule has 6 heteroatoms. The van der Waals surface area contributed by atoms with Gasteiger partial charge in [-0.25, -0.2) is 0 Å². The van der Waals surface area contributed by atoms with E-state index in [0.717, 1.165) is 10.0 Å². The number of nitro groups is 1. The quantitative estimate of drug-likeness (QED) is 0.636. The van der Waals surface area contributed by atoms with Crippen LogP contribution in [0.25, 0.3) is 0 Å². The van der Waals surface area contributed by atoms with Crippen LogP contribution in [0.2, 0.25) is 0 Å². The van der Waals surface area contributed by atoms with Gasteiger partial charge in [-0.1, -0.05) is 22.9 Å². The second kappa shape index (κ2) is 5.67. The lowest BCUT2D eigenvalue weighted by Crippen LogP contribution is -2.36. The Morgan fingerprint density at radius 2 is 2.11 bits per heavy atom. The molecule has 1 heterocycles. The molecule has 1 aliphatic rings. The van der Waals surface area contributed by atoms with Crippen molar-refractivity contribution >= 4 is 27.3 Å². The van der Waals surface area contributed by atoms with Gasteiger partial charge < -0.3 is 9.64 Å². The Kier molecular flexibility index (Phi) is 4.19. The number of rotatable bonds is 3. The third-order valence-corrected chi connectivity index (χ3v) is 3.51. The zero-order chi connectivity index (χ0) is 13.1. The summed E-state index contributed by atoms with van der Waals surface area (Å²) in [7, 11) is 0. The highest BCUT2D eigenvalue weighted by molar-refractivity contribution is 9.10. The third kappa shape index (κ3) is 2.64. The van der Waals surface area contributed by atoms with Gasteiger partial charge in [-0.3, -0.25) is 10.1 Å². The molecule has 1 aromatic carbocycles. The Morgan fingerprint density at radius 3 is 2.67 bits per heavy atom. The number of hydrogen-bond donors (Lipinski definition) is 0. The van der Waals surface area contributed by atoms with Crippen LogP contribution in [0.1, 0.15) is 12.5 Å². The first-order valence-electron chi connectivity index (χ1n) is 5.93. The summed E-state index contributed by atoms with van der Waals surface area (Å²) in [5, 5.41) is 11.3. The Hall–Kier alpha value is -1.14. The summed E-state index contributed by atoms with van der Waals surface area (Å²) in [6.45, 7) is 4.55. The lowest BCUT2D eigenvalue weighted by Gasteiger charge is -2.29. The fraction of sp³-hybridized carbons (Fsp3) is 0.500. The second-order valence-corrected chi connectivity index (χ2v) is 5.06. The van der Waals surface area contributed by atoms with Crippen molar-refractivity contribution in [2.75, 3.05) is 31.2 Å². The van der Waals surface area contributed by atoms with Crippen LogP contribution >= 0.6 is 15.9 Å². The van der Waals surface area contributed by atoms with Crippen LogP contribution in [-0.2, 0) is 11.2 Å². The van der Waals surface area contributed by atoms with Gasteiger partial charge in [-0.15, -0.1) is 0 Å². The Labute approximate surface area is 114 Å². The molecule has 2 rings (SSSR count). The van der Waals surface area contributed by atoms with E-state index in [1.165, 1.54) is 0 Å². The van der Waals surface area contributed by atoms with E-state index in [2.05, 4.69) is 15.9 Å². The standard InChI is InChI=1S/C12H15BrN2O3/c1-2-9-7-10(13)8-11(12(9)15(16)17)14-3-5-18-6-4-14/h7-8H,2-6H2,1H3. The summed E-state index contributed by atoms with van der Waals surface area (Å²) >= 11 is 3.42. The number of nitro benzene ring substituents is 1. The van der Waals surface area contributed by atoms with Gasteiger partial charge in [0, 0.05) is 23.1 Å². The largest absolute Gasteiger partial charge is 0.378 e. The summed E-state index contributed by atoms with van der Waals surface area (Å²) in [6.07, 6.45) is 0.646. The van der Waals surface area contributed by atoms with Crippen molar-refractivity contribution in [1.82, 2.24) is 0 Å². The number of benzene rings is 1. The first-order chi connectivity index (χ1) is 8.63. The normalized spacial score (nSPS) is 15.8. The van der Waals surface area contributed by atoms with Crippen LogP contribution < -0.4 is 4.90 Å². The van der Waals surface area contributed by atoms with Crippen molar-refractivity contribution in [3.8, 4) is 0 Å². The van der Waals surface area contributed by atoms with Gasteiger partial charge in [0.25, 0.3) is 5.69 Å². The Balaban J connectivity index is 2.49. The molecule has 0 bridgehead atoms. The van der Waals surface area contributed by atoms with Gasteiger partial charge in [-0.2, -0.15) is 0 Å². The van der Waals surface area contributed by atoms with E-state index in [4.69, 9.17) is 4.74 Å². The predicted molar refractivity (Wildman–Crippen MR) is 73.2 cm³/mol. The van der Waals surface area contributed by atoms with Crippen LogP contribution in [-0.4, -0.2) is 31.2 Å². The molecular weight excluding hydrogens is 300 g/mol. The molecule has 0 atom stereocenters. The van der Waals surface area contributed by atoms with Gasteiger partial charge in [0.1, 0.15) is 5.69 Å². The lowest BCUT2D eigenvalue weighted by molar-refractivity contribution is -0.384. The van der Waals surface area contributed by atoms with E-state index in [0.29, 0.717) is 38.4 Å². The van der Waals surface area contributed by atoms with E-state index < -0.39 is 0 Å². The average Bonchev–Trinajstić information content (AvgIpc) is 2.38. The molecule has 0 aromatic heterocycles. The van der Waals surface area contributed by atoms with Crippen LogP contribution in [0.3, 0.4) is 0 Å². The average molecular weight is 315 g/mol. The summed E-state index contributed by atoms with van der Waals surface area (Å²) in [5.74, 6) is 0. The van der Waals surface area contributed by atoms with E-state index in [9.17, 15) is 10.1 Å². The minimum absolute atomic E-state index is 0.225. The monoisotopic (exact) mass is 314 g/mol. The van der Waals surface area contributed by atoms with Crippen molar-refractivity contribution in [1.29, 1.82) is 0 Å². The molecule has 0 radical (unpaired) electrons. The van der Waals surface area contributed by atoms with E-state index in [-0.39, 0.29) is 10.6 Å². The topological polar surface area (TPSA) is 55.6 Å². The number of ether oxygens (including phenoxy) is 1. The molecule has 1 fully saturated rings. The number of hydrogen-bond acceptors (Lipinski definition) is 4. The van der Waals surface area contributed by atoms with Gasteiger partial charge in [0.2, 0.25) is 0 Å². The Morgan fingerprint density at radius 1 is 1.44 bits per heavy atom. The van der Waals surface area contributed by atoms with E-state index >= 15 is 0 Å². The SMILES string of the molecule is CCc1cc(Br)cc(N2CCOCC2)c1[N+](=O)[O-]. The zero-order valence-corrected chi connectivity index (χ0v) is 11.8. The molecule has 1 aromatic rings. The highest BCUT2D eigenvalue weighted by atomic mass is 79.9. The molecule has 0 N–H and O–H groups in total. The molecule has 0 amide bonds. The number of nitrogens with zero attached hydrogens (tertiary/aromatic N) is 2. The number of morpholine rings is 1. The van der Waals surface area contributed by atoms with Gasteiger partial charge in [0.15, 0.2) is 0 Å².